The number of aromatic nitrogens is 3. The Kier molecular flexibility index (Phi) is 4.13. The maximum Gasteiger partial charge on any atom is 0.408 e. The smallest absolute Gasteiger partial charge is 0.291 e. The Labute approximate surface area is 126 Å². The molecule has 0 aliphatic heterocycles. The Hall–Kier alpha value is -1.77. The van der Waals surface area contributed by atoms with Gasteiger partial charge in [0.15, 0.2) is 0 Å². The molecule has 1 N–H and O–H groups in total. The van der Waals surface area contributed by atoms with E-state index in [0.29, 0.717) is 10.4 Å². The molecule has 0 radical (unpaired) electrons. The van der Waals surface area contributed by atoms with Gasteiger partial charge >= 0.3 is 6.18 Å². The van der Waals surface area contributed by atoms with Gasteiger partial charge in [0, 0.05) is 11.4 Å². The van der Waals surface area contributed by atoms with E-state index in [1.165, 1.54) is 6.20 Å². The maximum absolute atomic E-state index is 12.3. The van der Waals surface area contributed by atoms with E-state index < -0.39 is 18.3 Å². The first kappa shape index (κ1) is 15.6. The van der Waals surface area contributed by atoms with E-state index in [2.05, 4.69) is 26.5 Å². The highest BCUT2D eigenvalue weighted by Gasteiger charge is 2.29. The standard InChI is InChI=1S/C12H12BrF3N4O/c1-7-3-4-8(2)20(7)18-9-5-17-19(6-12(14,15)16)11(21)10(9)13/h3-5,18H,6H2,1-2H3. The van der Waals surface area contributed by atoms with Crippen molar-refractivity contribution >= 4 is 21.6 Å². The molecule has 114 valence electrons. The van der Waals surface area contributed by atoms with Crippen LogP contribution in [-0.2, 0) is 6.54 Å². The molecule has 0 spiro atoms. The first-order valence-electron chi connectivity index (χ1n) is 5.93. The summed E-state index contributed by atoms with van der Waals surface area (Å²) >= 11 is 3.02. The van der Waals surface area contributed by atoms with E-state index in [4.69, 9.17) is 0 Å². The van der Waals surface area contributed by atoms with Crippen LogP contribution in [0.5, 0.6) is 0 Å². The number of nitrogens with zero attached hydrogens (tertiary/aromatic N) is 3. The summed E-state index contributed by atoms with van der Waals surface area (Å²) in [6.45, 7) is 2.28. The number of halogens is 4. The average molecular weight is 365 g/mol. The molecule has 0 amide bonds. The van der Waals surface area contributed by atoms with Gasteiger partial charge in [-0.05, 0) is 41.9 Å². The Bertz CT molecular complexity index is 701. The molecule has 0 unspecified atom stereocenters. The van der Waals surface area contributed by atoms with Crippen LogP contribution < -0.4 is 11.0 Å². The molecule has 2 aromatic heterocycles. The van der Waals surface area contributed by atoms with Gasteiger partial charge in [0.2, 0.25) is 0 Å². The minimum atomic E-state index is -4.50. The second kappa shape index (κ2) is 5.55. The topological polar surface area (TPSA) is 51.9 Å². The third-order valence-corrected chi connectivity index (χ3v) is 3.58. The van der Waals surface area contributed by atoms with Crippen LogP contribution in [0.4, 0.5) is 18.9 Å². The van der Waals surface area contributed by atoms with Crippen LogP contribution in [0.15, 0.2) is 27.6 Å². The summed E-state index contributed by atoms with van der Waals surface area (Å²) in [5.41, 5.74) is 4.15. The molecule has 2 aromatic rings. The Balaban J connectivity index is 2.36. The quantitative estimate of drug-likeness (QED) is 0.910. The molecular formula is C12H12BrF3N4O. The molecule has 0 aliphatic rings. The van der Waals surface area contributed by atoms with Gasteiger partial charge < -0.3 is 0 Å². The molecule has 2 rings (SSSR count). The van der Waals surface area contributed by atoms with Crippen molar-refractivity contribution in [3.8, 4) is 0 Å². The number of hydrogen-bond acceptors (Lipinski definition) is 3. The predicted octanol–water partition coefficient (Wildman–Crippen LogP) is 2.86. The number of anilines is 1. The van der Waals surface area contributed by atoms with Crippen molar-refractivity contribution in [2.45, 2.75) is 26.6 Å². The second-order valence-electron chi connectivity index (χ2n) is 4.51. The zero-order valence-corrected chi connectivity index (χ0v) is 12.8. The normalized spacial score (nSPS) is 11.7. The van der Waals surface area contributed by atoms with Gasteiger partial charge in [0.1, 0.15) is 11.0 Å². The number of hydrogen-bond donors (Lipinski definition) is 1. The van der Waals surface area contributed by atoms with E-state index in [1.54, 1.807) is 4.68 Å². The van der Waals surface area contributed by atoms with E-state index in [-0.39, 0.29) is 4.47 Å². The van der Waals surface area contributed by atoms with Crippen LogP contribution in [0.2, 0.25) is 0 Å². The number of rotatable bonds is 3. The molecular weight excluding hydrogens is 353 g/mol. The van der Waals surface area contributed by atoms with Crippen LogP contribution in [0.1, 0.15) is 11.4 Å². The zero-order valence-electron chi connectivity index (χ0n) is 11.2. The summed E-state index contributed by atoms with van der Waals surface area (Å²) in [5.74, 6) is 0. The first-order valence-corrected chi connectivity index (χ1v) is 6.72. The lowest BCUT2D eigenvalue weighted by Crippen LogP contribution is -2.31. The summed E-state index contributed by atoms with van der Waals surface area (Å²) in [4.78, 5) is 11.9. The molecule has 5 nitrogen and oxygen atoms in total. The molecule has 0 saturated carbocycles. The molecule has 0 aliphatic carbocycles. The first-order chi connectivity index (χ1) is 9.69. The Morgan fingerprint density at radius 2 is 1.86 bits per heavy atom. The van der Waals surface area contributed by atoms with Crippen LogP contribution in [-0.4, -0.2) is 20.6 Å². The lowest BCUT2D eigenvalue weighted by Gasteiger charge is -2.15. The fraction of sp³-hybridized carbons (Fsp3) is 0.333. The lowest BCUT2D eigenvalue weighted by atomic mass is 10.4. The number of nitrogens with one attached hydrogen (secondary N) is 1. The van der Waals surface area contributed by atoms with Crippen molar-refractivity contribution in [3.05, 3.63) is 44.5 Å². The maximum atomic E-state index is 12.3. The Morgan fingerprint density at radius 3 is 2.38 bits per heavy atom. The SMILES string of the molecule is Cc1ccc(C)n1Nc1cnn(CC(F)(F)F)c(=O)c1Br. The zero-order chi connectivity index (χ0) is 15.8. The third kappa shape index (κ3) is 3.46. The van der Waals surface area contributed by atoms with Crippen molar-refractivity contribution in [2.75, 3.05) is 5.43 Å². The summed E-state index contributed by atoms with van der Waals surface area (Å²) < 4.78 is 39.1. The molecule has 2 heterocycles. The highest BCUT2D eigenvalue weighted by molar-refractivity contribution is 9.10. The summed E-state index contributed by atoms with van der Waals surface area (Å²) in [5, 5.41) is 3.54. The fourth-order valence-electron chi connectivity index (χ4n) is 1.79. The van der Waals surface area contributed by atoms with Crippen LogP contribution in [0, 0.1) is 13.8 Å². The van der Waals surface area contributed by atoms with Gasteiger partial charge in [-0.2, -0.15) is 18.3 Å². The monoisotopic (exact) mass is 364 g/mol. The van der Waals surface area contributed by atoms with Crippen molar-refractivity contribution in [1.29, 1.82) is 0 Å². The van der Waals surface area contributed by atoms with E-state index >= 15 is 0 Å². The molecule has 21 heavy (non-hydrogen) atoms. The predicted molar refractivity (Wildman–Crippen MR) is 75.2 cm³/mol. The average Bonchev–Trinajstić information content (AvgIpc) is 2.68. The molecule has 0 aromatic carbocycles. The van der Waals surface area contributed by atoms with Crippen molar-refractivity contribution in [2.24, 2.45) is 0 Å². The van der Waals surface area contributed by atoms with Crippen LogP contribution in [0.3, 0.4) is 0 Å². The van der Waals surface area contributed by atoms with Gasteiger partial charge in [0.25, 0.3) is 5.56 Å². The highest BCUT2D eigenvalue weighted by atomic mass is 79.9. The van der Waals surface area contributed by atoms with Gasteiger partial charge in [-0.3, -0.25) is 14.9 Å². The van der Waals surface area contributed by atoms with Gasteiger partial charge in [0.05, 0.1) is 11.9 Å². The van der Waals surface area contributed by atoms with E-state index in [0.717, 1.165) is 11.4 Å². The van der Waals surface area contributed by atoms with Crippen molar-refractivity contribution in [1.82, 2.24) is 14.5 Å². The summed E-state index contributed by atoms with van der Waals surface area (Å²) in [6, 6.07) is 3.74. The van der Waals surface area contributed by atoms with E-state index in [9.17, 15) is 18.0 Å². The number of aryl methyl sites for hydroxylation is 2. The van der Waals surface area contributed by atoms with Crippen LogP contribution >= 0.6 is 15.9 Å². The van der Waals surface area contributed by atoms with Gasteiger partial charge in [-0.25, -0.2) is 4.68 Å². The number of alkyl halides is 3. The van der Waals surface area contributed by atoms with Crippen molar-refractivity contribution < 1.29 is 13.2 Å². The Morgan fingerprint density at radius 1 is 1.29 bits per heavy atom. The molecule has 9 heteroatoms. The van der Waals surface area contributed by atoms with E-state index in [1.807, 2.05) is 26.0 Å². The molecule has 0 saturated heterocycles. The van der Waals surface area contributed by atoms with Gasteiger partial charge in [-0.1, -0.05) is 0 Å². The van der Waals surface area contributed by atoms with Crippen LogP contribution in [0.25, 0.3) is 0 Å². The minimum Gasteiger partial charge on any atom is -0.291 e. The highest BCUT2D eigenvalue weighted by Crippen LogP contribution is 2.20. The third-order valence-electron chi connectivity index (χ3n) is 2.82. The molecule has 0 atom stereocenters. The van der Waals surface area contributed by atoms with Gasteiger partial charge in [-0.15, -0.1) is 0 Å². The summed E-state index contributed by atoms with van der Waals surface area (Å²) in [6.07, 6.45) is -3.32. The molecule has 0 fully saturated rings. The lowest BCUT2D eigenvalue weighted by molar-refractivity contribution is -0.143. The largest absolute Gasteiger partial charge is 0.408 e. The van der Waals surface area contributed by atoms with Crippen molar-refractivity contribution in [3.63, 3.8) is 0 Å². The molecule has 0 bridgehead atoms. The summed E-state index contributed by atoms with van der Waals surface area (Å²) in [7, 11) is 0. The minimum absolute atomic E-state index is 0.00532. The fourth-order valence-corrected chi connectivity index (χ4v) is 2.19. The second-order valence-corrected chi connectivity index (χ2v) is 5.31.